The highest BCUT2D eigenvalue weighted by Crippen LogP contribution is 2.24. The van der Waals surface area contributed by atoms with Crippen LogP contribution in [0.2, 0.25) is 0 Å². The molecule has 1 fully saturated rings. The number of rotatable bonds is 6. The van der Waals surface area contributed by atoms with E-state index in [1.165, 1.54) is 24.9 Å². The second-order valence-corrected chi connectivity index (χ2v) is 7.52. The van der Waals surface area contributed by atoms with Crippen molar-refractivity contribution in [3.05, 3.63) is 71.6 Å². The number of hydrogen-bond donors (Lipinski definition) is 1. The predicted molar refractivity (Wildman–Crippen MR) is 115 cm³/mol. The predicted octanol–water partition coefficient (Wildman–Crippen LogP) is 4.50. The van der Waals surface area contributed by atoms with E-state index in [-0.39, 0.29) is 12.3 Å². The van der Waals surface area contributed by atoms with E-state index in [2.05, 4.69) is 33.4 Å². The normalized spacial score (nSPS) is 14.0. The summed E-state index contributed by atoms with van der Waals surface area (Å²) in [6.45, 7) is 4.55. The summed E-state index contributed by atoms with van der Waals surface area (Å²) in [5, 5.41) is 3.06. The van der Waals surface area contributed by atoms with Gasteiger partial charge in [-0.25, -0.2) is 4.98 Å². The van der Waals surface area contributed by atoms with Gasteiger partial charge in [-0.3, -0.25) is 4.79 Å². The number of carbonyl (C=O) groups excluding carboxylic acids is 1. The molecule has 0 bridgehead atoms. The zero-order valence-corrected chi connectivity index (χ0v) is 16.9. The van der Waals surface area contributed by atoms with Crippen LogP contribution in [0, 0.1) is 6.92 Å². The fraction of sp³-hybridized carbons (Fsp3) is 0.333. The first-order valence-electron chi connectivity index (χ1n) is 10.3. The van der Waals surface area contributed by atoms with Crippen molar-refractivity contribution in [1.29, 1.82) is 0 Å². The number of nitrogens with zero attached hydrogens (tertiary/aromatic N) is 2. The average molecular weight is 389 g/mol. The minimum atomic E-state index is -0.0468. The van der Waals surface area contributed by atoms with Gasteiger partial charge in [-0.15, -0.1) is 0 Å². The Morgan fingerprint density at radius 3 is 2.55 bits per heavy atom. The number of hydrogen-bond acceptors (Lipinski definition) is 4. The van der Waals surface area contributed by atoms with Crippen LogP contribution < -0.4 is 10.2 Å². The molecule has 0 spiro atoms. The van der Waals surface area contributed by atoms with Crippen molar-refractivity contribution >= 4 is 11.6 Å². The van der Waals surface area contributed by atoms with E-state index in [1.807, 2.05) is 43.3 Å². The molecule has 3 aromatic rings. The molecule has 1 aliphatic rings. The first-order valence-corrected chi connectivity index (χ1v) is 10.3. The van der Waals surface area contributed by atoms with Gasteiger partial charge in [-0.05, 0) is 49.9 Å². The third-order valence-corrected chi connectivity index (χ3v) is 5.41. The molecule has 2 aromatic carbocycles. The van der Waals surface area contributed by atoms with Gasteiger partial charge in [0.1, 0.15) is 5.76 Å². The molecule has 1 saturated heterocycles. The number of amides is 1. The number of anilines is 1. The van der Waals surface area contributed by atoms with E-state index < -0.39 is 0 Å². The number of nitrogens with one attached hydrogen (secondary N) is 1. The van der Waals surface area contributed by atoms with Gasteiger partial charge >= 0.3 is 0 Å². The van der Waals surface area contributed by atoms with Gasteiger partial charge in [-0.1, -0.05) is 36.4 Å². The molecule has 1 aliphatic heterocycles. The summed E-state index contributed by atoms with van der Waals surface area (Å²) >= 11 is 0. The first-order chi connectivity index (χ1) is 14.2. The van der Waals surface area contributed by atoms with Crippen LogP contribution in [0.4, 0.5) is 5.69 Å². The van der Waals surface area contributed by atoms with Gasteiger partial charge in [0.25, 0.3) is 0 Å². The van der Waals surface area contributed by atoms with Crippen molar-refractivity contribution in [2.24, 2.45) is 0 Å². The largest absolute Gasteiger partial charge is 0.441 e. The molecule has 4 rings (SSSR count). The highest BCUT2D eigenvalue weighted by atomic mass is 16.4. The third kappa shape index (κ3) is 4.67. The third-order valence-electron chi connectivity index (χ3n) is 5.41. The number of piperidine rings is 1. The Morgan fingerprint density at radius 2 is 1.76 bits per heavy atom. The lowest BCUT2D eigenvalue weighted by atomic mass is 10.1. The van der Waals surface area contributed by atoms with E-state index in [9.17, 15) is 4.79 Å². The fourth-order valence-electron chi connectivity index (χ4n) is 3.81. The molecule has 0 atom stereocenters. The maximum Gasteiger partial charge on any atom is 0.226 e. The van der Waals surface area contributed by atoms with Crippen molar-refractivity contribution in [1.82, 2.24) is 10.3 Å². The Kier molecular flexibility index (Phi) is 5.94. The van der Waals surface area contributed by atoms with Crippen molar-refractivity contribution in [2.75, 3.05) is 18.0 Å². The van der Waals surface area contributed by atoms with Gasteiger partial charge in [0, 0.05) is 30.9 Å². The maximum absolute atomic E-state index is 12.6. The summed E-state index contributed by atoms with van der Waals surface area (Å²) in [6, 6.07) is 18.1. The van der Waals surface area contributed by atoms with E-state index in [0.717, 1.165) is 24.2 Å². The molecular weight excluding hydrogens is 362 g/mol. The van der Waals surface area contributed by atoms with Crippen LogP contribution in [0.3, 0.4) is 0 Å². The van der Waals surface area contributed by atoms with Crippen molar-refractivity contribution in [3.8, 4) is 11.5 Å². The van der Waals surface area contributed by atoms with E-state index in [1.54, 1.807) is 0 Å². The number of aromatic nitrogens is 1. The number of benzene rings is 2. The SMILES string of the molecule is Cc1oc(-c2ccccc2)nc1CC(=O)NCc1ccccc1N1CCCCC1. The monoisotopic (exact) mass is 389 g/mol. The molecule has 2 heterocycles. The smallest absolute Gasteiger partial charge is 0.226 e. The van der Waals surface area contributed by atoms with Crippen molar-refractivity contribution < 1.29 is 9.21 Å². The Labute approximate surface area is 171 Å². The van der Waals surface area contributed by atoms with Crippen LogP contribution in [0.25, 0.3) is 11.5 Å². The molecule has 29 heavy (non-hydrogen) atoms. The van der Waals surface area contributed by atoms with E-state index in [0.29, 0.717) is 23.9 Å². The van der Waals surface area contributed by atoms with Crippen LogP contribution in [0.5, 0.6) is 0 Å². The molecule has 0 unspecified atom stereocenters. The summed E-state index contributed by atoms with van der Waals surface area (Å²) in [7, 11) is 0. The standard InChI is InChI=1S/C24H27N3O2/c1-18-21(26-24(29-18)19-10-4-2-5-11-19)16-23(28)25-17-20-12-6-7-13-22(20)27-14-8-3-9-15-27/h2,4-7,10-13H,3,8-9,14-17H2,1H3,(H,25,28). The van der Waals surface area contributed by atoms with Gasteiger partial charge in [0.2, 0.25) is 11.8 Å². The Morgan fingerprint density at radius 1 is 1.03 bits per heavy atom. The summed E-state index contributed by atoms with van der Waals surface area (Å²) < 4.78 is 5.77. The molecule has 0 aliphatic carbocycles. The number of oxazole rings is 1. The summed E-state index contributed by atoms with van der Waals surface area (Å²) in [5.41, 5.74) is 3.99. The molecule has 0 saturated carbocycles. The highest BCUT2D eigenvalue weighted by molar-refractivity contribution is 5.78. The lowest BCUT2D eigenvalue weighted by molar-refractivity contribution is -0.120. The van der Waals surface area contributed by atoms with E-state index >= 15 is 0 Å². The second-order valence-electron chi connectivity index (χ2n) is 7.52. The lowest BCUT2D eigenvalue weighted by Crippen LogP contribution is -2.31. The van der Waals surface area contributed by atoms with Crippen LogP contribution in [-0.4, -0.2) is 24.0 Å². The highest BCUT2D eigenvalue weighted by Gasteiger charge is 2.17. The van der Waals surface area contributed by atoms with Crippen LogP contribution in [-0.2, 0) is 17.8 Å². The second kappa shape index (κ2) is 8.95. The molecule has 5 heteroatoms. The van der Waals surface area contributed by atoms with Crippen LogP contribution in [0.15, 0.2) is 59.0 Å². The summed E-state index contributed by atoms with van der Waals surface area (Å²) in [5.74, 6) is 1.20. The average Bonchev–Trinajstić information content (AvgIpc) is 3.14. The summed E-state index contributed by atoms with van der Waals surface area (Å²) in [4.78, 5) is 19.5. The molecule has 150 valence electrons. The van der Waals surface area contributed by atoms with E-state index in [4.69, 9.17) is 4.42 Å². The minimum Gasteiger partial charge on any atom is -0.441 e. The molecule has 0 radical (unpaired) electrons. The van der Waals surface area contributed by atoms with Crippen molar-refractivity contribution in [3.63, 3.8) is 0 Å². The van der Waals surface area contributed by atoms with Crippen LogP contribution >= 0.6 is 0 Å². The molecular formula is C24H27N3O2. The summed E-state index contributed by atoms with van der Waals surface area (Å²) in [6.07, 6.45) is 3.98. The van der Waals surface area contributed by atoms with Gasteiger partial charge in [0.15, 0.2) is 0 Å². The van der Waals surface area contributed by atoms with Gasteiger partial charge < -0.3 is 14.6 Å². The van der Waals surface area contributed by atoms with Gasteiger partial charge in [0.05, 0.1) is 12.1 Å². The lowest BCUT2D eigenvalue weighted by Gasteiger charge is -2.30. The molecule has 1 amide bonds. The Balaban J connectivity index is 1.39. The first kappa shape index (κ1) is 19.2. The molecule has 1 aromatic heterocycles. The molecule has 1 N–H and O–H groups in total. The van der Waals surface area contributed by atoms with Gasteiger partial charge in [-0.2, -0.15) is 0 Å². The minimum absolute atomic E-state index is 0.0468. The zero-order chi connectivity index (χ0) is 20.1. The topological polar surface area (TPSA) is 58.4 Å². The molecule has 5 nitrogen and oxygen atoms in total. The number of carbonyl (C=O) groups is 1. The van der Waals surface area contributed by atoms with Crippen molar-refractivity contribution in [2.45, 2.75) is 39.2 Å². The Bertz CT molecular complexity index is 959. The zero-order valence-electron chi connectivity index (χ0n) is 16.9. The number of aryl methyl sites for hydroxylation is 1. The number of para-hydroxylation sites is 1. The Hall–Kier alpha value is -3.08. The fourth-order valence-corrected chi connectivity index (χ4v) is 3.81. The quantitative estimate of drug-likeness (QED) is 0.674. The van der Waals surface area contributed by atoms with Crippen LogP contribution in [0.1, 0.15) is 36.3 Å². The maximum atomic E-state index is 12.6.